The maximum absolute atomic E-state index is 12.6. The number of nitrogens with one attached hydrogen (secondary N) is 1. The molecule has 0 aliphatic carbocycles. The fourth-order valence-electron chi connectivity index (χ4n) is 2.80. The van der Waals surface area contributed by atoms with Crippen molar-refractivity contribution in [2.45, 2.75) is 51.9 Å². The molecule has 1 atom stereocenters. The summed E-state index contributed by atoms with van der Waals surface area (Å²) in [7, 11) is 0. The number of ether oxygens (including phenoxy) is 3. The third-order valence-electron chi connectivity index (χ3n) is 4.16. The number of amides is 2. The highest BCUT2D eigenvalue weighted by Crippen LogP contribution is 2.11. The molecule has 8 nitrogen and oxygen atoms in total. The topological polar surface area (TPSA) is 94.2 Å². The molecule has 1 aliphatic heterocycles. The van der Waals surface area contributed by atoms with Gasteiger partial charge in [0, 0.05) is 19.5 Å². The molecule has 1 aliphatic rings. The van der Waals surface area contributed by atoms with E-state index in [0.717, 1.165) is 5.56 Å². The average Bonchev–Trinajstić information content (AvgIpc) is 2.66. The number of morpholine rings is 1. The summed E-state index contributed by atoms with van der Waals surface area (Å²) in [5, 5.41) is 2.63. The molecule has 1 fully saturated rings. The normalized spacial score (nSPS) is 15.3. The predicted molar refractivity (Wildman–Crippen MR) is 106 cm³/mol. The SMILES string of the molecule is CC(C)(C)OC(=O)NC(CC(=O)OCc1ccccc1)CC(=O)N1CCOCC1. The van der Waals surface area contributed by atoms with E-state index in [9.17, 15) is 14.4 Å². The van der Waals surface area contributed by atoms with Crippen LogP contribution in [0.1, 0.15) is 39.2 Å². The van der Waals surface area contributed by atoms with Crippen molar-refractivity contribution in [2.75, 3.05) is 26.3 Å². The minimum Gasteiger partial charge on any atom is -0.461 e. The Bertz CT molecular complexity index is 680. The van der Waals surface area contributed by atoms with Gasteiger partial charge in [0.1, 0.15) is 12.2 Å². The van der Waals surface area contributed by atoms with Gasteiger partial charge in [0.15, 0.2) is 0 Å². The molecule has 29 heavy (non-hydrogen) atoms. The standard InChI is InChI=1S/C21H30N2O6/c1-21(2,3)29-20(26)22-17(13-18(24)23-9-11-27-12-10-23)14-19(25)28-15-16-7-5-4-6-8-16/h4-8,17H,9-15H2,1-3H3,(H,22,26). The first-order chi connectivity index (χ1) is 13.7. The second kappa shape index (κ2) is 10.8. The summed E-state index contributed by atoms with van der Waals surface area (Å²) >= 11 is 0. The third-order valence-corrected chi connectivity index (χ3v) is 4.16. The largest absolute Gasteiger partial charge is 0.461 e. The average molecular weight is 406 g/mol. The van der Waals surface area contributed by atoms with Gasteiger partial charge in [0.2, 0.25) is 5.91 Å². The van der Waals surface area contributed by atoms with Crippen molar-refractivity contribution in [3.63, 3.8) is 0 Å². The van der Waals surface area contributed by atoms with E-state index in [0.29, 0.717) is 26.3 Å². The van der Waals surface area contributed by atoms with Gasteiger partial charge >= 0.3 is 12.1 Å². The smallest absolute Gasteiger partial charge is 0.407 e. The van der Waals surface area contributed by atoms with Gasteiger partial charge in [-0.2, -0.15) is 0 Å². The van der Waals surface area contributed by atoms with Crippen molar-refractivity contribution in [3.8, 4) is 0 Å². The van der Waals surface area contributed by atoms with Gasteiger partial charge < -0.3 is 24.4 Å². The predicted octanol–water partition coefficient (Wildman–Crippen LogP) is 2.26. The Labute approximate surface area is 171 Å². The lowest BCUT2D eigenvalue weighted by Crippen LogP contribution is -2.46. The first-order valence-electron chi connectivity index (χ1n) is 9.77. The summed E-state index contributed by atoms with van der Waals surface area (Å²) in [6.07, 6.45) is -0.810. The van der Waals surface area contributed by atoms with E-state index in [2.05, 4.69) is 5.32 Å². The van der Waals surface area contributed by atoms with Crippen LogP contribution < -0.4 is 5.32 Å². The van der Waals surface area contributed by atoms with E-state index >= 15 is 0 Å². The van der Waals surface area contributed by atoms with Crippen LogP contribution in [0, 0.1) is 0 Å². The van der Waals surface area contributed by atoms with Crippen LogP contribution in [-0.2, 0) is 30.4 Å². The van der Waals surface area contributed by atoms with E-state index in [1.165, 1.54) is 0 Å². The molecule has 0 saturated carbocycles. The van der Waals surface area contributed by atoms with Crippen molar-refractivity contribution in [1.29, 1.82) is 0 Å². The number of nitrogens with zero attached hydrogens (tertiary/aromatic N) is 1. The molecule has 1 unspecified atom stereocenters. The fourth-order valence-corrected chi connectivity index (χ4v) is 2.80. The molecule has 0 spiro atoms. The summed E-state index contributed by atoms with van der Waals surface area (Å²) in [4.78, 5) is 38.7. The molecule has 0 radical (unpaired) electrons. The lowest BCUT2D eigenvalue weighted by molar-refractivity contribution is -0.145. The van der Waals surface area contributed by atoms with Crippen molar-refractivity contribution >= 4 is 18.0 Å². The molecule has 160 valence electrons. The number of hydrogen-bond acceptors (Lipinski definition) is 6. The Morgan fingerprint density at radius 1 is 1.10 bits per heavy atom. The van der Waals surface area contributed by atoms with Crippen LogP contribution in [0.2, 0.25) is 0 Å². The highest BCUT2D eigenvalue weighted by molar-refractivity contribution is 5.80. The van der Waals surface area contributed by atoms with Crippen molar-refractivity contribution in [1.82, 2.24) is 10.2 Å². The molecule has 1 saturated heterocycles. The van der Waals surface area contributed by atoms with Gasteiger partial charge in [-0.1, -0.05) is 30.3 Å². The first-order valence-corrected chi connectivity index (χ1v) is 9.77. The molecule has 0 bridgehead atoms. The molecule has 1 aromatic rings. The summed E-state index contributed by atoms with van der Waals surface area (Å²) in [6, 6.07) is 8.58. The number of alkyl carbamates (subject to hydrolysis) is 1. The highest BCUT2D eigenvalue weighted by atomic mass is 16.6. The molecule has 0 aromatic heterocycles. The van der Waals surface area contributed by atoms with Crippen LogP contribution in [0.25, 0.3) is 0 Å². The third kappa shape index (κ3) is 8.95. The minimum atomic E-state index is -0.719. The Morgan fingerprint density at radius 3 is 2.38 bits per heavy atom. The molecule has 1 heterocycles. The van der Waals surface area contributed by atoms with Gasteiger partial charge in [-0.15, -0.1) is 0 Å². The maximum atomic E-state index is 12.6. The Balaban J connectivity index is 1.93. The van der Waals surface area contributed by atoms with E-state index in [1.807, 2.05) is 30.3 Å². The highest BCUT2D eigenvalue weighted by Gasteiger charge is 2.26. The number of carbonyl (C=O) groups excluding carboxylic acids is 3. The number of rotatable bonds is 7. The van der Waals surface area contributed by atoms with Gasteiger partial charge in [-0.05, 0) is 26.3 Å². The van der Waals surface area contributed by atoms with E-state index < -0.39 is 23.7 Å². The Kier molecular flexibility index (Phi) is 8.45. The molecule has 8 heteroatoms. The number of carbonyl (C=O) groups is 3. The van der Waals surface area contributed by atoms with Crippen LogP contribution in [0.4, 0.5) is 4.79 Å². The van der Waals surface area contributed by atoms with Gasteiger partial charge in [-0.3, -0.25) is 9.59 Å². The minimum absolute atomic E-state index is 0.0142. The zero-order chi connectivity index (χ0) is 21.3. The van der Waals surface area contributed by atoms with Crippen molar-refractivity contribution in [3.05, 3.63) is 35.9 Å². The lowest BCUT2D eigenvalue weighted by atomic mass is 10.1. The zero-order valence-electron chi connectivity index (χ0n) is 17.3. The van der Waals surface area contributed by atoms with E-state index in [1.54, 1.807) is 25.7 Å². The van der Waals surface area contributed by atoms with Crippen LogP contribution in [-0.4, -0.2) is 60.8 Å². The van der Waals surface area contributed by atoms with Crippen LogP contribution >= 0.6 is 0 Å². The van der Waals surface area contributed by atoms with Crippen molar-refractivity contribution in [2.24, 2.45) is 0 Å². The quantitative estimate of drug-likeness (QED) is 0.698. The number of hydrogen-bond donors (Lipinski definition) is 1. The second-order valence-electron chi connectivity index (χ2n) is 7.89. The molecule has 1 aromatic carbocycles. The fraction of sp³-hybridized carbons (Fsp3) is 0.571. The Hall–Kier alpha value is -2.61. The molecule has 2 rings (SSSR count). The lowest BCUT2D eigenvalue weighted by Gasteiger charge is -2.29. The number of benzene rings is 1. The van der Waals surface area contributed by atoms with Gasteiger partial charge in [-0.25, -0.2) is 4.79 Å². The summed E-state index contributed by atoms with van der Waals surface area (Å²) in [5.74, 6) is -0.644. The van der Waals surface area contributed by atoms with Crippen molar-refractivity contribution < 1.29 is 28.6 Å². The van der Waals surface area contributed by atoms with Gasteiger partial charge in [0.25, 0.3) is 0 Å². The van der Waals surface area contributed by atoms with E-state index in [-0.39, 0.29) is 25.4 Å². The zero-order valence-corrected chi connectivity index (χ0v) is 17.3. The molecule has 2 amide bonds. The summed E-state index contributed by atoms with van der Waals surface area (Å²) in [6.45, 7) is 7.32. The second-order valence-corrected chi connectivity index (χ2v) is 7.89. The summed E-state index contributed by atoms with van der Waals surface area (Å²) < 4.78 is 15.8. The number of esters is 1. The van der Waals surface area contributed by atoms with Crippen LogP contribution in [0.3, 0.4) is 0 Å². The Morgan fingerprint density at radius 2 is 1.76 bits per heavy atom. The monoisotopic (exact) mass is 406 g/mol. The molecular formula is C21H30N2O6. The van der Waals surface area contributed by atoms with Crippen LogP contribution in [0.5, 0.6) is 0 Å². The van der Waals surface area contributed by atoms with Crippen LogP contribution in [0.15, 0.2) is 30.3 Å². The van der Waals surface area contributed by atoms with E-state index in [4.69, 9.17) is 14.2 Å². The molecule has 1 N–H and O–H groups in total. The summed E-state index contributed by atoms with van der Waals surface area (Å²) in [5.41, 5.74) is 0.179. The van der Waals surface area contributed by atoms with Gasteiger partial charge in [0.05, 0.1) is 25.7 Å². The first kappa shape index (κ1) is 22.7. The molecular weight excluding hydrogens is 376 g/mol. The maximum Gasteiger partial charge on any atom is 0.407 e.